The Kier molecular flexibility index (Phi) is 5.68. The van der Waals surface area contributed by atoms with Gasteiger partial charge in [0.1, 0.15) is 11.6 Å². The van der Waals surface area contributed by atoms with Crippen LogP contribution in [0.3, 0.4) is 0 Å². The largest absolute Gasteiger partial charge is 0.497 e. The van der Waals surface area contributed by atoms with Crippen LogP contribution >= 0.6 is 11.6 Å². The number of nitrogens with one attached hydrogen (secondary N) is 1. The van der Waals surface area contributed by atoms with E-state index in [1.807, 2.05) is 13.0 Å². The van der Waals surface area contributed by atoms with Gasteiger partial charge in [-0.25, -0.2) is 14.1 Å². The third kappa shape index (κ3) is 4.27. The van der Waals surface area contributed by atoms with Crippen LogP contribution < -0.4 is 10.1 Å². The predicted molar refractivity (Wildman–Crippen MR) is 117 cm³/mol. The second kappa shape index (κ2) is 8.57. The van der Waals surface area contributed by atoms with E-state index in [1.54, 1.807) is 55.6 Å². The molecular weight excluding hydrogens is 419 g/mol. The molecule has 0 spiro atoms. The number of carbonyl (C=O) groups is 1. The fourth-order valence-electron chi connectivity index (χ4n) is 3.06. The Morgan fingerprint density at radius 2 is 1.77 bits per heavy atom. The number of halogens is 2. The van der Waals surface area contributed by atoms with E-state index in [1.165, 1.54) is 16.8 Å². The number of rotatable bonds is 5. The normalized spacial score (nSPS) is 10.7. The highest BCUT2D eigenvalue weighted by atomic mass is 35.5. The van der Waals surface area contributed by atoms with Crippen LogP contribution in [0.5, 0.6) is 5.75 Å². The van der Waals surface area contributed by atoms with Gasteiger partial charge in [-0.1, -0.05) is 23.7 Å². The molecule has 0 aliphatic carbocycles. The smallest absolute Gasteiger partial charge is 0.295 e. The summed E-state index contributed by atoms with van der Waals surface area (Å²) < 4.78 is 20.2. The first kappa shape index (κ1) is 20.6. The summed E-state index contributed by atoms with van der Waals surface area (Å²) in [6, 6.07) is 18.3. The van der Waals surface area contributed by atoms with Gasteiger partial charge in [-0.2, -0.15) is 0 Å². The summed E-state index contributed by atoms with van der Waals surface area (Å²) >= 11 is 6.22. The van der Waals surface area contributed by atoms with Gasteiger partial charge in [0.25, 0.3) is 5.91 Å². The molecule has 4 rings (SSSR count). The second-order valence-corrected chi connectivity index (χ2v) is 7.17. The van der Waals surface area contributed by atoms with E-state index in [4.69, 9.17) is 16.3 Å². The lowest BCUT2D eigenvalue weighted by Crippen LogP contribution is -2.15. The van der Waals surface area contributed by atoms with Crippen molar-refractivity contribution in [2.45, 2.75) is 6.92 Å². The number of carbonyl (C=O) groups excluding carboxylic acids is 1. The molecule has 1 N–H and O–H groups in total. The van der Waals surface area contributed by atoms with Crippen molar-refractivity contribution in [3.8, 4) is 22.8 Å². The van der Waals surface area contributed by atoms with Gasteiger partial charge in [-0.15, -0.1) is 5.10 Å². The fourth-order valence-corrected chi connectivity index (χ4v) is 3.33. The van der Waals surface area contributed by atoms with Crippen molar-refractivity contribution in [1.29, 1.82) is 0 Å². The number of amides is 1. The van der Waals surface area contributed by atoms with E-state index in [0.717, 1.165) is 5.56 Å². The van der Waals surface area contributed by atoms with Crippen LogP contribution in [0.15, 0.2) is 66.7 Å². The van der Waals surface area contributed by atoms with Gasteiger partial charge in [-0.3, -0.25) is 4.79 Å². The Morgan fingerprint density at radius 3 is 2.42 bits per heavy atom. The third-order valence-electron chi connectivity index (χ3n) is 4.69. The average Bonchev–Trinajstić information content (AvgIpc) is 3.22. The fraction of sp³-hybridized carbons (Fsp3) is 0.0870. The van der Waals surface area contributed by atoms with Gasteiger partial charge in [0.05, 0.1) is 23.5 Å². The number of ether oxygens (including phenoxy) is 1. The number of methoxy groups -OCH3 is 1. The molecule has 3 aromatic carbocycles. The highest BCUT2D eigenvalue weighted by Crippen LogP contribution is 2.27. The molecule has 1 amide bonds. The van der Waals surface area contributed by atoms with Gasteiger partial charge in [0, 0.05) is 5.56 Å². The van der Waals surface area contributed by atoms with Crippen molar-refractivity contribution in [2.24, 2.45) is 0 Å². The zero-order valence-corrected chi connectivity index (χ0v) is 17.5. The number of para-hydroxylation sites is 1. The van der Waals surface area contributed by atoms with E-state index in [0.29, 0.717) is 33.5 Å². The molecule has 0 saturated heterocycles. The Bertz CT molecular complexity index is 1220. The standard InChI is InChI=1S/C23H18ClFN4O2/c1-14-4-3-5-19(24)20(14)26-23(30)21-27-22(15-6-8-16(25)9-7-15)29(28-21)17-10-12-18(31-2)13-11-17/h3-13H,1-2H3,(H,26,30). The lowest BCUT2D eigenvalue weighted by atomic mass is 10.2. The highest BCUT2D eigenvalue weighted by Gasteiger charge is 2.20. The molecule has 1 heterocycles. The zero-order valence-electron chi connectivity index (χ0n) is 16.8. The first-order chi connectivity index (χ1) is 15.0. The first-order valence-corrected chi connectivity index (χ1v) is 9.78. The minimum atomic E-state index is -0.508. The Morgan fingerprint density at radius 1 is 1.06 bits per heavy atom. The molecule has 8 heteroatoms. The molecule has 0 atom stereocenters. The molecule has 0 bridgehead atoms. The van der Waals surface area contributed by atoms with Gasteiger partial charge in [0.2, 0.25) is 5.82 Å². The molecule has 0 aliphatic rings. The number of hydrogen-bond donors (Lipinski definition) is 1. The minimum absolute atomic E-state index is 0.0468. The maximum absolute atomic E-state index is 13.4. The zero-order chi connectivity index (χ0) is 22.0. The number of hydrogen-bond acceptors (Lipinski definition) is 4. The topological polar surface area (TPSA) is 69.0 Å². The summed E-state index contributed by atoms with van der Waals surface area (Å²) in [6.45, 7) is 1.84. The van der Waals surface area contributed by atoms with E-state index in [9.17, 15) is 9.18 Å². The maximum atomic E-state index is 13.4. The van der Waals surface area contributed by atoms with Crippen LogP contribution in [0, 0.1) is 12.7 Å². The van der Waals surface area contributed by atoms with E-state index in [-0.39, 0.29) is 11.6 Å². The van der Waals surface area contributed by atoms with Crippen molar-refractivity contribution in [3.63, 3.8) is 0 Å². The predicted octanol–water partition coefficient (Wildman–Crippen LogP) is 5.30. The SMILES string of the molecule is COc1ccc(-n2nc(C(=O)Nc3c(C)cccc3Cl)nc2-c2ccc(F)cc2)cc1. The molecule has 0 radical (unpaired) electrons. The molecule has 0 aliphatic heterocycles. The molecule has 0 saturated carbocycles. The number of aryl methyl sites for hydroxylation is 1. The Hall–Kier alpha value is -3.71. The third-order valence-corrected chi connectivity index (χ3v) is 5.01. The summed E-state index contributed by atoms with van der Waals surface area (Å²) in [5.74, 6) is 0.151. The second-order valence-electron chi connectivity index (χ2n) is 6.76. The monoisotopic (exact) mass is 436 g/mol. The molecule has 156 valence electrons. The van der Waals surface area contributed by atoms with E-state index < -0.39 is 5.91 Å². The van der Waals surface area contributed by atoms with Crippen LogP contribution in [0.1, 0.15) is 16.2 Å². The number of anilines is 1. The molecule has 1 aromatic heterocycles. The van der Waals surface area contributed by atoms with Crippen molar-refractivity contribution in [2.75, 3.05) is 12.4 Å². The lowest BCUT2D eigenvalue weighted by Gasteiger charge is -2.08. The van der Waals surface area contributed by atoms with Gasteiger partial charge >= 0.3 is 0 Å². The maximum Gasteiger partial charge on any atom is 0.295 e. The van der Waals surface area contributed by atoms with Crippen molar-refractivity contribution in [1.82, 2.24) is 14.8 Å². The highest BCUT2D eigenvalue weighted by molar-refractivity contribution is 6.34. The number of aromatic nitrogens is 3. The Labute approximate surface area is 183 Å². The van der Waals surface area contributed by atoms with Gasteiger partial charge in [-0.05, 0) is 67.1 Å². The average molecular weight is 437 g/mol. The molecule has 0 unspecified atom stereocenters. The van der Waals surface area contributed by atoms with Crippen molar-refractivity contribution in [3.05, 3.63) is 89.0 Å². The van der Waals surface area contributed by atoms with E-state index >= 15 is 0 Å². The molecule has 4 aromatic rings. The summed E-state index contributed by atoms with van der Waals surface area (Å²) in [4.78, 5) is 17.3. The molecule has 31 heavy (non-hydrogen) atoms. The van der Waals surface area contributed by atoms with Crippen LogP contribution in [0.25, 0.3) is 17.1 Å². The first-order valence-electron chi connectivity index (χ1n) is 9.40. The van der Waals surface area contributed by atoms with Crippen molar-refractivity contribution >= 4 is 23.2 Å². The van der Waals surface area contributed by atoms with Crippen LogP contribution in [-0.4, -0.2) is 27.8 Å². The molecular formula is C23H18ClFN4O2. The summed E-state index contributed by atoms with van der Waals surface area (Å²) in [7, 11) is 1.58. The quantitative estimate of drug-likeness (QED) is 0.461. The Balaban J connectivity index is 1.76. The summed E-state index contributed by atoms with van der Waals surface area (Å²) in [5, 5.41) is 7.60. The van der Waals surface area contributed by atoms with Crippen LogP contribution in [0.4, 0.5) is 10.1 Å². The lowest BCUT2D eigenvalue weighted by molar-refractivity contribution is 0.101. The van der Waals surface area contributed by atoms with Crippen molar-refractivity contribution < 1.29 is 13.9 Å². The summed E-state index contributed by atoms with van der Waals surface area (Å²) in [6.07, 6.45) is 0. The minimum Gasteiger partial charge on any atom is -0.497 e. The van der Waals surface area contributed by atoms with E-state index in [2.05, 4.69) is 15.4 Å². The van der Waals surface area contributed by atoms with Crippen LogP contribution in [0.2, 0.25) is 5.02 Å². The number of benzene rings is 3. The van der Waals surface area contributed by atoms with Gasteiger partial charge in [0.15, 0.2) is 5.82 Å². The van der Waals surface area contributed by atoms with Crippen LogP contribution in [-0.2, 0) is 0 Å². The number of nitrogens with zero attached hydrogens (tertiary/aromatic N) is 3. The van der Waals surface area contributed by atoms with Gasteiger partial charge < -0.3 is 10.1 Å². The molecule has 6 nitrogen and oxygen atoms in total. The summed E-state index contributed by atoms with van der Waals surface area (Å²) in [5.41, 5.74) is 2.59. The molecule has 0 fully saturated rings.